The van der Waals surface area contributed by atoms with Crippen molar-refractivity contribution in [3.05, 3.63) is 64.6 Å². The van der Waals surface area contributed by atoms with Crippen molar-refractivity contribution >= 4 is 55.5 Å². The van der Waals surface area contributed by atoms with Crippen LogP contribution in [0.25, 0.3) is 21.0 Å². The Kier molecular flexibility index (Phi) is 4.97. The average Bonchev–Trinajstić information content (AvgIpc) is 3.25. The van der Waals surface area contributed by atoms with E-state index >= 15 is 0 Å². The molecule has 2 aromatic heterocycles. The first-order valence-corrected chi connectivity index (χ1v) is 11.0. The van der Waals surface area contributed by atoms with Crippen molar-refractivity contribution in [2.45, 2.75) is 0 Å². The molecule has 0 spiro atoms. The van der Waals surface area contributed by atoms with Gasteiger partial charge in [-0.2, -0.15) is 0 Å². The van der Waals surface area contributed by atoms with Crippen molar-refractivity contribution in [2.24, 2.45) is 0 Å². The molecule has 1 saturated heterocycles. The summed E-state index contributed by atoms with van der Waals surface area (Å²) in [5.74, 6) is 0.899. The summed E-state index contributed by atoms with van der Waals surface area (Å²) >= 11 is 7.90. The van der Waals surface area contributed by atoms with Crippen molar-refractivity contribution in [3.63, 3.8) is 0 Å². The Bertz CT molecular complexity index is 1250. The summed E-state index contributed by atoms with van der Waals surface area (Å²) in [7, 11) is 1.67. The number of carbonyl (C=O) groups excluding carboxylic acids is 1. The lowest BCUT2D eigenvalue weighted by atomic mass is 10.2. The predicted molar refractivity (Wildman–Crippen MR) is 123 cm³/mol. The van der Waals surface area contributed by atoms with Crippen LogP contribution in [0.5, 0.6) is 5.75 Å². The van der Waals surface area contributed by atoms with E-state index in [0.29, 0.717) is 23.1 Å². The molecular weight excluding hydrogens is 418 g/mol. The van der Waals surface area contributed by atoms with Crippen molar-refractivity contribution in [1.29, 1.82) is 0 Å². The highest BCUT2D eigenvalue weighted by atomic mass is 35.5. The highest BCUT2D eigenvalue weighted by Crippen LogP contribution is 2.36. The number of ether oxygens (including phenoxy) is 1. The number of rotatable bonds is 3. The van der Waals surface area contributed by atoms with Gasteiger partial charge in [0.1, 0.15) is 10.9 Å². The van der Waals surface area contributed by atoms with Crippen LogP contribution in [-0.4, -0.2) is 49.1 Å². The third-order valence-corrected chi connectivity index (χ3v) is 6.96. The molecule has 0 radical (unpaired) electrons. The van der Waals surface area contributed by atoms with Crippen LogP contribution in [-0.2, 0) is 0 Å². The third kappa shape index (κ3) is 3.36. The number of halogens is 1. The SMILES string of the molecule is COc1cccc(N2CCN(C(=O)c3cc4c(Cl)nc5ccccc5c4s3)CC2)c1. The Hall–Kier alpha value is -2.83. The third-order valence-electron chi connectivity index (χ3n) is 5.52. The van der Waals surface area contributed by atoms with Crippen molar-refractivity contribution < 1.29 is 9.53 Å². The van der Waals surface area contributed by atoms with Gasteiger partial charge in [-0.05, 0) is 24.3 Å². The summed E-state index contributed by atoms with van der Waals surface area (Å²) in [6.45, 7) is 2.93. The van der Waals surface area contributed by atoms with E-state index in [9.17, 15) is 4.79 Å². The molecule has 7 heteroatoms. The number of hydrogen-bond donors (Lipinski definition) is 0. The van der Waals surface area contributed by atoms with E-state index in [4.69, 9.17) is 16.3 Å². The molecule has 0 unspecified atom stereocenters. The molecule has 0 saturated carbocycles. The molecule has 1 aliphatic heterocycles. The lowest BCUT2D eigenvalue weighted by Crippen LogP contribution is -2.48. The highest BCUT2D eigenvalue weighted by molar-refractivity contribution is 7.21. The molecule has 0 bridgehead atoms. The second-order valence-electron chi connectivity index (χ2n) is 7.25. The number of fused-ring (bicyclic) bond motifs is 3. The van der Waals surface area contributed by atoms with Gasteiger partial charge in [-0.3, -0.25) is 4.79 Å². The maximum absolute atomic E-state index is 13.2. The summed E-state index contributed by atoms with van der Waals surface area (Å²) in [4.78, 5) is 22.6. The fraction of sp³-hybridized carbons (Fsp3) is 0.217. The van der Waals surface area contributed by atoms with Gasteiger partial charge in [0.25, 0.3) is 5.91 Å². The summed E-state index contributed by atoms with van der Waals surface area (Å²) in [6.07, 6.45) is 0. The number of amides is 1. The Labute approximate surface area is 183 Å². The zero-order valence-electron chi connectivity index (χ0n) is 16.5. The average molecular weight is 438 g/mol. The van der Waals surface area contributed by atoms with Crippen LogP contribution in [0.2, 0.25) is 5.15 Å². The number of aromatic nitrogens is 1. The molecule has 0 atom stereocenters. The molecule has 0 aliphatic carbocycles. The number of methoxy groups -OCH3 is 1. The van der Waals surface area contributed by atoms with Crippen molar-refractivity contribution in [2.75, 3.05) is 38.2 Å². The van der Waals surface area contributed by atoms with Crippen LogP contribution < -0.4 is 9.64 Å². The quantitative estimate of drug-likeness (QED) is 0.419. The number of nitrogens with zero attached hydrogens (tertiary/aromatic N) is 3. The van der Waals surface area contributed by atoms with E-state index in [-0.39, 0.29) is 5.91 Å². The van der Waals surface area contributed by atoms with E-state index in [1.54, 1.807) is 7.11 Å². The summed E-state index contributed by atoms with van der Waals surface area (Å²) in [5.41, 5.74) is 1.97. The predicted octanol–water partition coefficient (Wildman–Crippen LogP) is 5.07. The highest BCUT2D eigenvalue weighted by Gasteiger charge is 2.24. The van der Waals surface area contributed by atoms with Crippen LogP contribution in [0.4, 0.5) is 5.69 Å². The monoisotopic (exact) mass is 437 g/mol. The molecule has 1 aliphatic rings. The number of pyridine rings is 1. The van der Waals surface area contributed by atoms with E-state index in [1.807, 2.05) is 53.4 Å². The van der Waals surface area contributed by atoms with Crippen molar-refractivity contribution in [1.82, 2.24) is 9.88 Å². The molecule has 2 aromatic carbocycles. The molecule has 152 valence electrons. The topological polar surface area (TPSA) is 45.7 Å². The van der Waals surface area contributed by atoms with Gasteiger partial charge in [0.05, 0.1) is 17.5 Å². The molecule has 30 heavy (non-hydrogen) atoms. The Morgan fingerprint density at radius 3 is 2.63 bits per heavy atom. The van der Waals surface area contributed by atoms with E-state index in [2.05, 4.69) is 16.0 Å². The van der Waals surface area contributed by atoms with Gasteiger partial charge in [0.2, 0.25) is 0 Å². The number of piperazine rings is 1. The molecule has 5 nitrogen and oxygen atoms in total. The maximum Gasteiger partial charge on any atom is 0.264 e. The van der Waals surface area contributed by atoms with Gasteiger partial charge in [-0.1, -0.05) is 35.9 Å². The number of hydrogen-bond acceptors (Lipinski definition) is 5. The Balaban J connectivity index is 1.37. The Morgan fingerprint density at radius 1 is 1.03 bits per heavy atom. The molecular formula is C23H20ClN3O2S. The number of benzene rings is 2. The van der Waals surface area contributed by atoms with Crippen LogP contribution in [0, 0.1) is 0 Å². The minimum absolute atomic E-state index is 0.0571. The number of thiophene rings is 1. The normalized spacial score (nSPS) is 14.5. The van der Waals surface area contributed by atoms with Gasteiger partial charge >= 0.3 is 0 Å². The molecule has 4 aromatic rings. The first-order valence-electron chi connectivity index (χ1n) is 9.80. The van der Waals surface area contributed by atoms with Gasteiger partial charge in [-0.25, -0.2) is 4.98 Å². The Morgan fingerprint density at radius 2 is 1.83 bits per heavy atom. The van der Waals surface area contributed by atoms with E-state index < -0.39 is 0 Å². The fourth-order valence-electron chi connectivity index (χ4n) is 3.91. The minimum atomic E-state index is 0.0571. The van der Waals surface area contributed by atoms with E-state index in [0.717, 1.165) is 45.5 Å². The van der Waals surface area contributed by atoms with Crippen LogP contribution in [0.15, 0.2) is 54.6 Å². The second-order valence-corrected chi connectivity index (χ2v) is 8.66. The van der Waals surface area contributed by atoms with Crippen LogP contribution >= 0.6 is 22.9 Å². The van der Waals surface area contributed by atoms with E-state index in [1.165, 1.54) is 11.3 Å². The first-order chi connectivity index (χ1) is 14.6. The fourth-order valence-corrected chi connectivity index (χ4v) is 5.37. The summed E-state index contributed by atoms with van der Waals surface area (Å²) < 4.78 is 6.34. The first kappa shape index (κ1) is 19.2. The number of carbonyl (C=O) groups is 1. The maximum atomic E-state index is 13.2. The lowest BCUT2D eigenvalue weighted by Gasteiger charge is -2.36. The number of anilines is 1. The van der Waals surface area contributed by atoms with Crippen LogP contribution in [0.3, 0.4) is 0 Å². The minimum Gasteiger partial charge on any atom is -0.497 e. The van der Waals surface area contributed by atoms with Gasteiger partial charge < -0.3 is 14.5 Å². The van der Waals surface area contributed by atoms with Crippen molar-refractivity contribution in [3.8, 4) is 5.75 Å². The smallest absolute Gasteiger partial charge is 0.264 e. The standard InChI is InChI=1S/C23H20ClN3O2S/c1-29-16-6-4-5-15(13-16)26-9-11-27(12-10-26)23(28)20-14-18-21(30-20)17-7-2-3-8-19(17)25-22(18)24/h2-8,13-14H,9-12H2,1H3. The molecule has 1 fully saturated rings. The molecule has 1 amide bonds. The number of para-hydroxylation sites is 1. The van der Waals surface area contributed by atoms with Gasteiger partial charge in [-0.15, -0.1) is 11.3 Å². The molecule has 3 heterocycles. The van der Waals surface area contributed by atoms with Gasteiger partial charge in [0.15, 0.2) is 0 Å². The summed E-state index contributed by atoms with van der Waals surface area (Å²) in [5, 5.41) is 2.32. The van der Waals surface area contributed by atoms with Crippen LogP contribution in [0.1, 0.15) is 9.67 Å². The molecule has 0 N–H and O–H groups in total. The zero-order chi connectivity index (χ0) is 20.7. The lowest BCUT2D eigenvalue weighted by molar-refractivity contribution is 0.0751. The largest absolute Gasteiger partial charge is 0.497 e. The second kappa shape index (κ2) is 7.78. The summed E-state index contributed by atoms with van der Waals surface area (Å²) in [6, 6.07) is 17.8. The molecule has 5 rings (SSSR count). The zero-order valence-corrected chi connectivity index (χ0v) is 18.0. The van der Waals surface area contributed by atoms with Gasteiger partial charge in [0, 0.05) is 53.4 Å².